The highest BCUT2D eigenvalue weighted by molar-refractivity contribution is 14.0. The zero-order valence-corrected chi connectivity index (χ0v) is 18.9. The molecule has 0 aliphatic heterocycles. The van der Waals surface area contributed by atoms with Crippen LogP contribution in [0.15, 0.2) is 40.7 Å². The third-order valence-electron chi connectivity index (χ3n) is 3.95. The minimum atomic E-state index is -0.208. The average molecular weight is 504 g/mol. The number of carbonyl (C=O) groups excluding carboxylic acids is 1. The molecule has 0 saturated carbocycles. The first-order chi connectivity index (χ1) is 12.5. The molecular formula is C19H26FIN4OS. The summed E-state index contributed by atoms with van der Waals surface area (Å²) in [7, 11) is 1.69. The van der Waals surface area contributed by atoms with Crippen molar-refractivity contribution in [2.24, 2.45) is 4.99 Å². The van der Waals surface area contributed by atoms with Gasteiger partial charge in [-0.05, 0) is 48.9 Å². The van der Waals surface area contributed by atoms with E-state index in [4.69, 9.17) is 0 Å². The molecule has 1 aromatic carbocycles. The molecule has 0 fully saturated rings. The predicted molar refractivity (Wildman–Crippen MR) is 121 cm³/mol. The highest BCUT2D eigenvalue weighted by Gasteiger charge is 2.10. The van der Waals surface area contributed by atoms with Gasteiger partial charge in [-0.1, -0.05) is 18.2 Å². The van der Waals surface area contributed by atoms with Gasteiger partial charge in [0.1, 0.15) is 5.82 Å². The van der Waals surface area contributed by atoms with E-state index in [1.54, 1.807) is 32.2 Å². The Hall–Kier alpha value is -1.68. The van der Waals surface area contributed by atoms with Crippen LogP contribution in [0.1, 0.15) is 40.2 Å². The summed E-state index contributed by atoms with van der Waals surface area (Å²) in [5.74, 6) is 0.390. The van der Waals surface area contributed by atoms with Crippen molar-refractivity contribution in [1.29, 1.82) is 0 Å². The lowest BCUT2D eigenvalue weighted by atomic mass is 10.1. The van der Waals surface area contributed by atoms with E-state index in [9.17, 15) is 9.18 Å². The number of aliphatic imine (C=N–C) groups is 1. The molecule has 8 heteroatoms. The maximum atomic E-state index is 13.7. The number of hydrogen-bond acceptors (Lipinski definition) is 3. The summed E-state index contributed by atoms with van der Waals surface area (Å²) in [5, 5.41) is 11.2. The summed E-state index contributed by atoms with van der Waals surface area (Å²) in [6, 6.07) is 8.81. The highest BCUT2D eigenvalue weighted by Crippen LogP contribution is 2.16. The molecule has 1 atom stereocenters. The lowest BCUT2D eigenvalue weighted by molar-refractivity contribution is 0.0957. The van der Waals surface area contributed by atoms with Gasteiger partial charge in [0.05, 0.1) is 10.9 Å². The normalized spacial score (nSPS) is 12.1. The Morgan fingerprint density at radius 2 is 2.00 bits per heavy atom. The molecule has 0 spiro atoms. The molecule has 2 rings (SSSR count). The fraction of sp³-hybridized carbons (Fsp3) is 0.368. The number of hydrogen-bond donors (Lipinski definition) is 3. The minimum absolute atomic E-state index is 0. The summed E-state index contributed by atoms with van der Waals surface area (Å²) in [4.78, 5) is 16.7. The van der Waals surface area contributed by atoms with Crippen molar-refractivity contribution in [2.45, 2.75) is 26.3 Å². The van der Waals surface area contributed by atoms with Crippen LogP contribution in [0.2, 0.25) is 0 Å². The van der Waals surface area contributed by atoms with Gasteiger partial charge >= 0.3 is 0 Å². The molecule has 1 amide bonds. The van der Waals surface area contributed by atoms with Crippen LogP contribution >= 0.6 is 35.3 Å². The number of guanidine groups is 1. The van der Waals surface area contributed by atoms with Crippen LogP contribution in [-0.2, 0) is 0 Å². The number of thiophene rings is 1. The summed E-state index contributed by atoms with van der Waals surface area (Å²) >= 11 is 1.43. The van der Waals surface area contributed by atoms with Crippen molar-refractivity contribution >= 4 is 47.2 Å². The first kappa shape index (κ1) is 23.4. The van der Waals surface area contributed by atoms with E-state index in [0.29, 0.717) is 24.6 Å². The standard InChI is InChI=1S/C19H25FN4OS.HI/c1-13-7-8-15(12-16(13)20)14(2)24-19(21-3)23-10-5-9-22-18(25)17-6-4-11-26-17;/h4,6-8,11-12,14H,5,9-10H2,1-3H3,(H,22,25)(H2,21,23,24);1H. The SMILES string of the molecule is CN=C(NCCCNC(=O)c1cccs1)NC(C)c1ccc(C)c(F)c1.I. The number of nitrogens with one attached hydrogen (secondary N) is 3. The molecule has 0 saturated heterocycles. The second-order valence-electron chi connectivity index (χ2n) is 5.96. The van der Waals surface area contributed by atoms with Gasteiger partial charge in [-0.25, -0.2) is 4.39 Å². The molecular weight excluding hydrogens is 478 g/mol. The van der Waals surface area contributed by atoms with E-state index in [1.165, 1.54) is 11.3 Å². The quantitative estimate of drug-likeness (QED) is 0.232. The predicted octanol–water partition coefficient (Wildman–Crippen LogP) is 3.86. The number of aryl methyl sites for hydroxylation is 1. The van der Waals surface area contributed by atoms with E-state index in [1.807, 2.05) is 24.4 Å². The van der Waals surface area contributed by atoms with E-state index in [2.05, 4.69) is 20.9 Å². The van der Waals surface area contributed by atoms with Gasteiger partial charge < -0.3 is 16.0 Å². The van der Waals surface area contributed by atoms with Gasteiger partial charge in [0.2, 0.25) is 0 Å². The Balaban J connectivity index is 0.00000364. The third-order valence-corrected chi connectivity index (χ3v) is 4.82. The average Bonchev–Trinajstić information content (AvgIpc) is 3.17. The molecule has 1 aromatic heterocycles. The summed E-state index contributed by atoms with van der Waals surface area (Å²) in [6.07, 6.45) is 0.769. The van der Waals surface area contributed by atoms with Crippen LogP contribution in [0, 0.1) is 12.7 Å². The minimum Gasteiger partial charge on any atom is -0.356 e. The zero-order chi connectivity index (χ0) is 18.9. The zero-order valence-electron chi connectivity index (χ0n) is 15.7. The van der Waals surface area contributed by atoms with Crippen molar-refractivity contribution in [3.63, 3.8) is 0 Å². The molecule has 2 aromatic rings. The van der Waals surface area contributed by atoms with Crippen molar-refractivity contribution in [2.75, 3.05) is 20.1 Å². The molecule has 0 aliphatic carbocycles. The fourth-order valence-corrected chi connectivity index (χ4v) is 2.99. The fourth-order valence-electron chi connectivity index (χ4n) is 2.35. The smallest absolute Gasteiger partial charge is 0.261 e. The first-order valence-corrected chi connectivity index (χ1v) is 9.44. The van der Waals surface area contributed by atoms with Crippen molar-refractivity contribution in [1.82, 2.24) is 16.0 Å². The van der Waals surface area contributed by atoms with Gasteiger partial charge in [0.25, 0.3) is 5.91 Å². The van der Waals surface area contributed by atoms with Crippen LogP contribution in [0.25, 0.3) is 0 Å². The molecule has 27 heavy (non-hydrogen) atoms. The molecule has 5 nitrogen and oxygen atoms in total. The number of nitrogens with zero attached hydrogens (tertiary/aromatic N) is 1. The van der Waals surface area contributed by atoms with Crippen molar-refractivity contribution < 1.29 is 9.18 Å². The molecule has 0 aliphatic rings. The van der Waals surface area contributed by atoms with E-state index in [-0.39, 0.29) is 41.7 Å². The summed E-state index contributed by atoms with van der Waals surface area (Å²) in [5.41, 5.74) is 1.49. The van der Waals surface area contributed by atoms with E-state index < -0.39 is 0 Å². The Bertz CT molecular complexity index is 752. The van der Waals surface area contributed by atoms with Gasteiger partial charge in [-0.3, -0.25) is 9.79 Å². The lowest BCUT2D eigenvalue weighted by Crippen LogP contribution is -2.40. The largest absolute Gasteiger partial charge is 0.356 e. The molecule has 1 unspecified atom stereocenters. The Kier molecular flexibility index (Phi) is 10.3. The van der Waals surface area contributed by atoms with Crippen LogP contribution < -0.4 is 16.0 Å². The van der Waals surface area contributed by atoms with Gasteiger partial charge in [-0.2, -0.15) is 0 Å². The Morgan fingerprint density at radius 1 is 1.26 bits per heavy atom. The van der Waals surface area contributed by atoms with Crippen LogP contribution in [0.3, 0.4) is 0 Å². The lowest BCUT2D eigenvalue weighted by Gasteiger charge is -2.18. The topological polar surface area (TPSA) is 65.5 Å². The Labute approximate surface area is 180 Å². The Morgan fingerprint density at radius 3 is 2.63 bits per heavy atom. The number of rotatable bonds is 7. The maximum Gasteiger partial charge on any atom is 0.261 e. The molecule has 148 valence electrons. The van der Waals surface area contributed by atoms with Crippen molar-refractivity contribution in [3.8, 4) is 0 Å². The number of carbonyl (C=O) groups is 1. The third kappa shape index (κ3) is 7.45. The number of amides is 1. The van der Waals surface area contributed by atoms with Crippen LogP contribution in [0.5, 0.6) is 0 Å². The van der Waals surface area contributed by atoms with E-state index in [0.717, 1.165) is 16.9 Å². The second-order valence-corrected chi connectivity index (χ2v) is 6.91. The molecule has 3 N–H and O–H groups in total. The molecule has 1 heterocycles. The van der Waals surface area contributed by atoms with Gasteiger partial charge in [0, 0.05) is 20.1 Å². The summed E-state index contributed by atoms with van der Waals surface area (Å²) < 4.78 is 13.7. The molecule has 0 bridgehead atoms. The second kappa shape index (κ2) is 11.9. The van der Waals surface area contributed by atoms with Gasteiger partial charge in [-0.15, -0.1) is 35.3 Å². The number of benzene rings is 1. The summed E-state index contributed by atoms with van der Waals surface area (Å²) in [6.45, 7) is 4.95. The molecule has 0 radical (unpaired) electrons. The van der Waals surface area contributed by atoms with Crippen LogP contribution in [0.4, 0.5) is 4.39 Å². The maximum absolute atomic E-state index is 13.7. The van der Waals surface area contributed by atoms with Crippen LogP contribution in [-0.4, -0.2) is 32.0 Å². The number of halogens is 2. The first-order valence-electron chi connectivity index (χ1n) is 8.56. The van der Waals surface area contributed by atoms with Crippen molar-refractivity contribution in [3.05, 3.63) is 57.5 Å². The highest BCUT2D eigenvalue weighted by atomic mass is 127. The van der Waals surface area contributed by atoms with Gasteiger partial charge in [0.15, 0.2) is 5.96 Å². The van der Waals surface area contributed by atoms with E-state index >= 15 is 0 Å². The monoisotopic (exact) mass is 504 g/mol.